The van der Waals surface area contributed by atoms with Crippen LogP contribution in [-0.4, -0.2) is 42.8 Å². The van der Waals surface area contributed by atoms with Crippen LogP contribution in [0.1, 0.15) is 19.8 Å². The molecule has 2 amide bonds. The van der Waals surface area contributed by atoms with Gasteiger partial charge in [-0.25, -0.2) is 4.79 Å². The van der Waals surface area contributed by atoms with Gasteiger partial charge < -0.3 is 20.5 Å². The van der Waals surface area contributed by atoms with Gasteiger partial charge in [0.2, 0.25) is 0 Å². The minimum atomic E-state index is -1.11. The lowest BCUT2D eigenvalue weighted by molar-refractivity contribution is -0.143. The van der Waals surface area contributed by atoms with Gasteiger partial charge in [-0.15, -0.1) is 0 Å². The van der Waals surface area contributed by atoms with Crippen molar-refractivity contribution in [3.05, 3.63) is 0 Å². The minimum Gasteiger partial charge on any atom is -0.480 e. The second-order valence-electron chi connectivity index (χ2n) is 2.91. The first-order chi connectivity index (χ1) is 7.56. The van der Waals surface area contributed by atoms with Crippen LogP contribution in [0, 0.1) is 0 Å². The highest BCUT2D eigenvalue weighted by Gasteiger charge is 2.04. The number of hydrogen-bond acceptors (Lipinski definition) is 4. The molecule has 7 nitrogen and oxygen atoms in total. The Morgan fingerprint density at radius 1 is 1.25 bits per heavy atom. The Labute approximate surface area is 93.2 Å². The summed E-state index contributed by atoms with van der Waals surface area (Å²) >= 11 is 0. The van der Waals surface area contributed by atoms with Gasteiger partial charge in [0.05, 0.1) is 6.61 Å². The fourth-order valence-electron chi connectivity index (χ4n) is 0.886. The number of carbonyl (C=O) groups is 3. The summed E-state index contributed by atoms with van der Waals surface area (Å²) in [6.07, 6.45) is 0.687. The first-order valence-corrected chi connectivity index (χ1v) is 4.95. The maximum absolute atomic E-state index is 10.9. The maximum atomic E-state index is 10.9. The molecule has 0 aliphatic heterocycles. The highest BCUT2D eigenvalue weighted by molar-refractivity contribution is 5.79. The Balaban J connectivity index is 3.40. The summed E-state index contributed by atoms with van der Waals surface area (Å²) in [5, 5.41) is 12.8. The van der Waals surface area contributed by atoms with Gasteiger partial charge in [-0.2, -0.15) is 0 Å². The number of carboxylic acid groups (broad SMARTS) is 1. The highest BCUT2D eigenvalue weighted by atomic mass is 16.5. The van der Waals surface area contributed by atoms with E-state index < -0.39 is 18.5 Å². The van der Waals surface area contributed by atoms with Crippen molar-refractivity contribution in [1.82, 2.24) is 10.6 Å². The quantitative estimate of drug-likeness (QED) is 0.413. The highest BCUT2D eigenvalue weighted by Crippen LogP contribution is 1.90. The maximum Gasteiger partial charge on any atom is 0.323 e. The van der Waals surface area contributed by atoms with Crippen molar-refractivity contribution in [1.29, 1.82) is 0 Å². The van der Waals surface area contributed by atoms with Gasteiger partial charge in [0.15, 0.2) is 0 Å². The van der Waals surface area contributed by atoms with Crippen molar-refractivity contribution in [2.75, 3.05) is 19.7 Å². The lowest BCUT2D eigenvalue weighted by Crippen LogP contribution is -2.38. The molecule has 0 fully saturated rings. The van der Waals surface area contributed by atoms with Gasteiger partial charge in [0.25, 0.3) is 0 Å². The number of ether oxygens (including phenoxy) is 1. The van der Waals surface area contributed by atoms with Crippen LogP contribution >= 0.6 is 0 Å². The molecular weight excluding hydrogens is 216 g/mol. The monoisotopic (exact) mass is 232 g/mol. The summed E-state index contributed by atoms with van der Waals surface area (Å²) < 4.78 is 4.68. The van der Waals surface area contributed by atoms with Crippen LogP contribution in [0.4, 0.5) is 4.79 Å². The van der Waals surface area contributed by atoms with Crippen LogP contribution < -0.4 is 10.6 Å². The van der Waals surface area contributed by atoms with Gasteiger partial charge in [-0.05, 0) is 13.3 Å². The molecule has 0 rings (SSSR count). The number of esters is 1. The molecule has 7 heteroatoms. The second-order valence-corrected chi connectivity index (χ2v) is 2.91. The third kappa shape index (κ3) is 8.79. The van der Waals surface area contributed by atoms with Crippen molar-refractivity contribution in [3.8, 4) is 0 Å². The zero-order valence-electron chi connectivity index (χ0n) is 9.12. The molecule has 0 spiro atoms. The smallest absolute Gasteiger partial charge is 0.323 e. The molecule has 0 radical (unpaired) electrons. The lowest BCUT2D eigenvalue weighted by Gasteiger charge is -2.05. The Hall–Kier alpha value is -1.79. The summed E-state index contributed by atoms with van der Waals surface area (Å²) in [6, 6.07) is -0.564. The third-order valence-electron chi connectivity index (χ3n) is 1.55. The number of aliphatic carboxylic acids is 1. The van der Waals surface area contributed by atoms with Crippen LogP contribution in [0.3, 0.4) is 0 Å². The van der Waals surface area contributed by atoms with E-state index in [1.807, 2.05) is 0 Å². The number of carbonyl (C=O) groups excluding carboxylic acids is 2. The molecule has 0 saturated heterocycles. The molecule has 0 aromatic carbocycles. The number of nitrogens with one attached hydrogen (secondary N) is 2. The van der Waals surface area contributed by atoms with Gasteiger partial charge in [0.1, 0.15) is 6.54 Å². The van der Waals surface area contributed by atoms with Crippen molar-refractivity contribution < 1.29 is 24.2 Å². The predicted octanol–water partition coefficient (Wildman–Crippen LogP) is -0.286. The van der Waals surface area contributed by atoms with E-state index >= 15 is 0 Å². The molecule has 0 aromatic rings. The molecule has 0 heterocycles. The van der Waals surface area contributed by atoms with E-state index in [2.05, 4.69) is 15.4 Å². The zero-order chi connectivity index (χ0) is 12.4. The second kappa shape index (κ2) is 8.51. The molecular formula is C9H16N2O5. The van der Waals surface area contributed by atoms with E-state index in [9.17, 15) is 14.4 Å². The van der Waals surface area contributed by atoms with E-state index in [4.69, 9.17) is 5.11 Å². The summed E-state index contributed by atoms with van der Waals surface area (Å²) in [7, 11) is 0. The number of carboxylic acids is 1. The van der Waals surface area contributed by atoms with Gasteiger partial charge >= 0.3 is 18.0 Å². The standard InChI is InChI=1S/C9H16N2O5/c1-2-16-8(14)4-3-5-10-9(15)11-6-7(12)13/h2-6H2,1H3,(H,12,13)(H2,10,11,15). The average molecular weight is 232 g/mol. The van der Waals surface area contributed by atoms with Crippen LogP contribution in [0.15, 0.2) is 0 Å². The van der Waals surface area contributed by atoms with Gasteiger partial charge in [-0.1, -0.05) is 0 Å². The number of amides is 2. The van der Waals surface area contributed by atoms with Crippen LogP contribution in [0.25, 0.3) is 0 Å². The first kappa shape index (κ1) is 14.2. The Morgan fingerprint density at radius 2 is 1.94 bits per heavy atom. The minimum absolute atomic E-state index is 0.229. The molecule has 92 valence electrons. The van der Waals surface area contributed by atoms with Crippen LogP contribution in [-0.2, 0) is 14.3 Å². The first-order valence-electron chi connectivity index (χ1n) is 4.95. The van der Waals surface area contributed by atoms with E-state index in [1.165, 1.54) is 0 Å². The molecule has 16 heavy (non-hydrogen) atoms. The number of hydrogen-bond donors (Lipinski definition) is 3. The fourth-order valence-corrected chi connectivity index (χ4v) is 0.886. The van der Waals surface area contributed by atoms with E-state index in [1.54, 1.807) is 6.92 Å². The van der Waals surface area contributed by atoms with Gasteiger partial charge in [0, 0.05) is 13.0 Å². The zero-order valence-corrected chi connectivity index (χ0v) is 9.12. The van der Waals surface area contributed by atoms with Gasteiger partial charge in [-0.3, -0.25) is 9.59 Å². The molecule has 0 atom stereocenters. The Kier molecular flexibility index (Phi) is 7.56. The van der Waals surface area contributed by atoms with Crippen molar-refractivity contribution in [3.63, 3.8) is 0 Å². The predicted molar refractivity (Wildman–Crippen MR) is 54.9 cm³/mol. The van der Waals surface area contributed by atoms with Crippen molar-refractivity contribution in [2.24, 2.45) is 0 Å². The van der Waals surface area contributed by atoms with Crippen molar-refractivity contribution in [2.45, 2.75) is 19.8 Å². The topological polar surface area (TPSA) is 105 Å². The lowest BCUT2D eigenvalue weighted by atomic mass is 10.3. The SMILES string of the molecule is CCOC(=O)CCCNC(=O)NCC(=O)O. The molecule has 0 bridgehead atoms. The molecule has 0 unspecified atom stereocenters. The Morgan fingerprint density at radius 3 is 2.50 bits per heavy atom. The summed E-state index contributed by atoms with van der Waals surface area (Å²) in [6.45, 7) is 1.93. The summed E-state index contributed by atoms with van der Waals surface area (Å²) in [4.78, 5) is 31.9. The summed E-state index contributed by atoms with van der Waals surface area (Å²) in [5.41, 5.74) is 0. The van der Waals surface area contributed by atoms with Crippen molar-refractivity contribution >= 4 is 18.0 Å². The number of rotatable bonds is 7. The molecule has 0 aliphatic rings. The fraction of sp³-hybridized carbons (Fsp3) is 0.667. The van der Waals surface area contributed by atoms with E-state index in [-0.39, 0.29) is 12.4 Å². The molecule has 0 aliphatic carbocycles. The summed E-state index contributed by atoms with van der Waals surface area (Å²) in [5.74, 6) is -1.42. The molecule has 3 N–H and O–H groups in total. The molecule has 0 aromatic heterocycles. The van der Waals surface area contributed by atoms with Crippen LogP contribution in [0.2, 0.25) is 0 Å². The van der Waals surface area contributed by atoms with E-state index in [0.717, 1.165) is 0 Å². The number of urea groups is 1. The average Bonchev–Trinajstić information content (AvgIpc) is 2.22. The Bertz CT molecular complexity index is 254. The van der Waals surface area contributed by atoms with E-state index in [0.29, 0.717) is 19.6 Å². The van der Waals surface area contributed by atoms with Crippen LogP contribution in [0.5, 0.6) is 0 Å². The third-order valence-corrected chi connectivity index (χ3v) is 1.55. The largest absolute Gasteiger partial charge is 0.480 e. The molecule has 0 saturated carbocycles. The normalized spacial score (nSPS) is 9.31.